The maximum atomic E-state index is 12.6. The van der Waals surface area contributed by atoms with Crippen LogP contribution in [0.2, 0.25) is 0 Å². The van der Waals surface area contributed by atoms with Crippen LogP contribution in [0.5, 0.6) is 0 Å². The molecule has 2 amide bonds. The number of aryl methyl sites for hydroxylation is 2. The molecule has 0 aromatic carbocycles. The van der Waals surface area contributed by atoms with E-state index in [0.717, 1.165) is 35.1 Å². The molecule has 114 valence electrons. The van der Waals surface area contributed by atoms with Crippen LogP contribution in [0.25, 0.3) is 0 Å². The number of halogens is 1. The van der Waals surface area contributed by atoms with Crippen LogP contribution in [0.15, 0.2) is 4.47 Å². The molecule has 2 atom stereocenters. The third-order valence-corrected chi connectivity index (χ3v) is 6.01. The Balaban J connectivity index is 1.82. The third kappa shape index (κ3) is 2.24. The summed E-state index contributed by atoms with van der Waals surface area (Å²) in [6.45, 7) is 4.36. The molecule has 21 heavy (non-hydrogen) atoms. The van der Waals surface area contributed by atoms with Gasteiger partial charge in [0, 0.05) is 7.05 Å². The molecule has 0 spiro atoms. The molecule has 0 radical (unpaired) electrons. The fourth-order valence-corrected chi connectivity index (χ4v) is 4.15. The van der Waals surface area contributed by atoms with E-state index in [0.29, 0.717) is 12.5 Å². The minimum Gasteiger partial charge on any atom is -0.276 e. The second-order valence-electron chi connectivity index (χ2n) is 6.19. The van der Waals surface area contributed by atoms with Gasteiger partial charge in [-0.25, -0.2) is 0 Å². The molecule has 1 aliphatic carbocycles. The molecule has 0 N–H and O–H groups in total. The summed E-state index contributed by atoms with van der Waals surface area (Å²) in [5, 5.41) is 4.32. The largest absolute Gasteiger partial charge is 0.276 e. The zero-order chi connectivity index (χ0) is 15.3. The number of imide groups is 1. The Hall–Kier alpha value is -1.17. The molecule has 2 fully saturated rings. The van der Waals surface area contributed by atoms with Crippen LogP contribution < -0.4 is 0 Å². The number of nitrogens with zero attached hydrogens (tertiary/aromatic N) is 3. The molecule has 3 rings (SSSR count). The van der Waals surface area contributed by atoms with Crippen LogP contribution in [0.1, 0.15) is 37.6 Å². The van der Waals surface area contributed by atoms with Gasteiger partial charge in [-0.2, -0.15) is 5.10 Å². The Kier molecular flexibility index (Phi) is 3.67. The van der Waals surface area contributed by atoms with E-state index < -0.39 is 0 Å². The molecular weight excluding hydrogens is 334 g/mol. The SMILES string of the molecule is CCC1CC2C(=O)N(Cc3c(Br)c(C)nn3C)C(=O)C2C1. The molecule has 2 aliphatic rings. The van der Waals surface area contributed by atoms with E-state index in [1.165, 1.54) is 4.90 Å². The Morgan fingerprint density at radius 3 is 2.24 bits per heavy atom. The summed E-state index contributed by atoms with van der Waals surface area (Å²) in [6.07, 6.45) is 2.79. The van der Waals surface area contributed by atoms with E-state index in [4.69, 9.17) is 0 Å². The Morgan fingerprint density at radius 1 is 1.24 bits per heavy atom. The van der Waals surface area contributed by atoms with Crippen molar-refractivity contribution in [3.63, 3.8) is 0 Å². The molecule has 1 saturated heterocycles. The molecule has 5 nitrogen and oxygen atoms in total. The predicted molar refractivity (Wildman–Crippen MR) is 81.2 cm³/mol. The van der Waals surface area contributed by atoms with Gasteiger partial charge in [0.25, 0.3) is 0 Å². The number of likely N-dealkylation sites (tertiary alicyclic amines) is 1. The van der Waals surface area contributed by atoms with Crippen LogP contribution >= 0.6 is 15.9 Å². The van der Waals surface area contributed by atoms with Crippen molar-refractivity contribution in [2.75, 3.05) is 0 Å². The average molecular weight is 354 g/mol. The lowest BCUT2D eigenvalue weighted by molar-refractivity contribution is -0.141. The lowest BCUT2D eigenvalue weighted by atomic mass is 10.00. The van der Waals surface area contributed by atoms with Crippen molar-refractivity contribution < 1.29 is 9.59 Å². The van der Waals surface area contributed by atoms with Gasteiger partial charge in [-0.05, 0) is 41.6 Å². The molecule has 6 heteroatoms. The topological polar surface area (TPSA) is 55.2 Å². The van der Waals surface area contributed by atoms with Crippen LogP contribution in [0.4, 0.5) is 0 Å². The Morgan fingerprint density at radius 2 is 1.81 bits per heavy atom. The molecule has 1 aliphatic heterocycles. The minimum absolute atomic E-state index is 0.00621. The summed E-state index contributed by atoms with van der Waals surface area (Å²) < 4.78 is 2.62. The monoisotopic (exact) mass is 353 g/mol. The highest BCUT2D eigenvalue weighted by Crippen LogP contribution is 2.44. The van der Waals surface area contributed by atoms with Gasteiger partial charge < -0.3 is 0 Å². The first-order chi connectivity index (χ1) is 9.93. The minimum atomic E-state index is -0.0875. The van der Waals surface area contributed by atoms with Gasteiger partial charge in [0.2, 0.25) is 11.8 Å². The standard InChI is InChI=1S/C15H20BrN3O2/c1-4-9-5-10-11(6-9)15(21)19(14(10)20)7-12-13(16)8(2)17-18(12)3/h9-11H,4-7H2,1-3H3. The van der Waals surface area contributed by atoms with E-state index >= 15 is 0 Å². The van der Waals surface area contributed by atoms with E-state index in [9.17, 15) is 9.59 Å². The van der Waals surface area contributed by atoms with Crippen molar-refractivity contribution in [3.8, 4) is 0 Å². The summed E-state index contributed by atoms with van der Waals surface area (Å²) in [4.78, 5) is 26.5. The van der Waals surface area contributed by atoms with E-state index in [2.05, 4.69) is 28.0 Å². The summed E-state index contributed by atoms with van der Waals surface area (Å²) in [5.41, 5.74) is 1.75. The lowest BCUT2D eigenvalue weighted by Gasteiger charge is -2.17. The summed E-state index contributed by atoms with van der Waals surface area (Å²) >= 11 is 3.50. The first kappa shape index (κ1) is 14.8. The highest BCUT2D eigenvalue weighted by molar-refractivity contribution is 9.10. The third-order valence-electron chi connectivity index (χ3n) is 4.97. The van der Waals surface area contributed by atoms with Gasteiger partial charge in [-0.3, -0.25) is 19.2 Å². The van der Waals surface area contributed by atoms with E-state index in [-0.39, 0.29) is 23.7 Å². The number of aromatic nitrogens is 2. The van der Waals surface area contributed by atoms with Crippen molar-refractivity contribution >= 4 is 27.7 Å². The molecule has 2 heterocycles. The van der Waals surface area contributed by atoms with Crippen LogP contribution in [0, 0.1) is 24.7 Å². The number of carbonyl (C=O) groups excluding carboxylic acids is 2. The highest BCUT2D eigenvalue weighted by atomic mass is 79.9. The lowest BCUT2D eigenvalue weighted by Crippen LogP contribution is -2.32. The molecule has 0 bridgehead atoms. The quantitative estimate of drug-likeness (QED) is 0.784. The predicted octanol–water partition coefficient (Wildman–Crippen LogP) is 2.41. The molecule has 1 aromatic heterocycles. The highest BCUT2D eigenvalue weighted by Gasteiger charge is 2.52. The molecule has 2 unspecified atom stereocenters. The fourth-order valence-electron chi connectivity index (χ4n) is 3.69. The fraction of sp³-hybridized carbons (Fsp3) is 0.667. The van der Waals surface area contributed by atoms with Crippen molar-refractivity contribution in [2.24, 2.45) is 24.8 Å². The number of carbonyl (C=O) groups is 2. The van der Waals surface area contributed by atoms with E-state index in [1.54, 1.807) is 4.68 Å². The number of hydrogen-bond donors (Lipinski definition) is 0. The molecular formula is C15H20BrN3O2. The Labute approximate surface area is 132 Å². The first-order valence-electron chi connectivity index (χ1n) is 7.47. The molecule has 1 aromatic rings. The second-order valence-corrected chi connectivity index (χ2v) is 6.98. The van der Waals surface area contributed by atoms with Gasteiger partial charge in [0.15, 0.2) is 0 Å². The number of fused-ring (bicyclic) bond motifs is 1. The first-order valence-corrected chi connectivity index (χ1v) is 8.26. The maximum Gasteiger partial charge on any atom is 0.233 e. The summed E-state index contributed by atoms with van der Waals surface area (Å²) in [6, 6.07) is 0. The van der Waals surface area contributed by atoms with E-state index in [1.807, 2.05) is 14.0 Å². The van der Waals surface area contributed by atoms with Crippen molar-refractivity contribution in [3.05, 3.63) is 15.9 Å². The summed E-state index contributed by atoms with van der Waals surface area (Å²) in [5.74, 6) is 0.366. The zero-order valence-corrected chi connectivity index (χ0v) is 14.2. The van der Waals surface area contributed by atoms with Gasteiger partial charge >= 0.3 is 0 Å². The van der Waals surface area contributed by atoms with Gasteiger partial charge in [-0.15, -0.1) is 0 Å². The Bertz CT molecular complexity index is 586. The zero-order valence-electron chi connectivity index (χ0n) is 12.6. The maximum absolute atomic E-state index is 12.6. The molecule has 1 saturated carbocycles. The van der Waals surface area contributed by atoms with Crippen LogP contribution in [-0.2, 0) is 23.2 Å². The van der Waals surface area contributed by atoms with Gasteiger partial charge in [-0.1, -0.05) is 13.3 Å². The number of amides is 2. The van der Waals surface area contributed by atoms with Crippen molar-refractivity contribution in [1.29, 1.82) is 0 Å². The smallest absolute Gasteiger partial charge is 0.233 e. The number of rotatable bonds is 3. The van der Waals surface area contributed by atoms with Gasteiger partial charge in [0.1, 0.15) is 0 Å². The van der Waals surface area contributed by atoms with Crippen molar-refractivity contribution in [1.82, 2.24) is 14.7 Å². The van der Waals surface area contributed by atoms with Gasteiger partial charge in [0.05, 0.1) is 34.2 Å². The average Bonchev–Trinajstić information content (AvgIpc) is 3.04. The second kappa shape index (κ2) is 5.23. The van der Waals surface area contributed by atoms with Crippen molar-refractivity contribution in [2.45, 2.75) is 39.7 Å². The van der Waals surface area contributed by atoms with Crippen LogP contribution in [-0.4, -0.2) is 26.5 Å². The number of hydrogen-bond acceptors (Lipinski definition) is 3. The summed E-state index contributed by atoms with van der Waals surface area (Å²) in [7, 11) is 1.84. The normalized spacial score (nSPS) is 28.6. The van der Waals surface area contributed by atoms with Crippen LogP contribution in [0.3, 0.4) is 0 Å².